The number of alkyl halides is 3. The Balaban J connectivity index is 1.77. The lowest BCUT2D eigenvalue weighted by Crippen LogP contribution is -2.62. The van der Waals surface area contributed by atoms with Gasteiger partial charge in [0.1, 0.15) is 10.8 Å². The van der Waals surface area contributed by atoms with Crippen LogP contribution in [0.2, 0.25) is 5.15 Å². The number of fused-ring (bicyclic) bond motifs is 2. The fraction of sp³-hybridized carbons (Fsp3) is 0.647. The standard InChI is InChI=1S/C17H20ClF3N2O2/c1-15(2,3)25-14(24)23-5-4-16(8-11(23)9-16)12-6-10(17(19,20)21)7-13(18)22-12/h6-7,11H,4-5,8-9H2,1-3H3. The number of hydrogen-bond donors (Lipinski definition) is 0. The first-order valence-corrected chi connectivity index (χ1v) is 8.52. The van der Waals surface area contributed by atoms with Crippen LogP contribution in [-0.2, 0) is 16.3 Å². The molecule has 0 atom stereocenters. The topological polar surface area (TPSA) is 42.4 Å². The van der Waals surface area contributed by atoms with Gasteiger partial charge in [-0.25, -0.2) is 9.78 Å². The predicted molar refractivity (Wildman–Crippen MR) is 86.5 cm³/mol. The van der Waals surface area contributed by atoms with Crippen LogP contribution in [0.25, 0.3) is 0 Å². The van der Waals surface area contributed by atoms with Gasteiger partial charge < -0.3 is 9.64 Å². The monoisotopic (exact) mass is 376 g/mol. The second-order valence-corrected chi connectivity index (χ2v) is 8.21. The Morgan fingerprint density at radius 3 is 2.44 bits per heavy atom. The predicted octanol–water partition coefficient (Wildman–Crippen LogP) is 4.79. The lowest BCUT2D eigenvalue weighted by atomic mass is 9.58. The van der Waals surface area contributed by atoms with E-state index >= 15 is 0 Å². The maximum absolute atomic E-state index is 13.0. The van der Waals surface area contributed by atoms with Gasteiger partial charge in [0.05, 0.1) is 5.56 Å². The highest BCUT2D eigenvalue weighted by atomic mass is 35.5. The number of rotatable bonds is 1. The molecule has 2 saturated heterocycles. The highest BCUT2D eigenvalue weighted by Crippen LogP contribution is 2.52. The number of pyridine rings is 1. The molecule has 4 nitrogen and oxygen atoms in total. The van der Waals surface area contributed by atoms with Crippen molar-refractivity contribution in [1.82, 2.24) is 9.88 Å². The van der Waals surface area contributed by atoms with Crippen molar-refractivity contribution in [1.29, 1.82) is 0 Å². The summed E-state index contributed by atoms with van der Waals surface area (Å²) in [5.41, 5.74) is -1.43. The molecule has 1 amide bonds. The molecule has 138 valence electrons. The van der Waals surface area contributed by atoms with Crippen molar-refractivity contribution in [3.8, 4) is 0 Å². The molecule has 0 unspecified atom stereocenters. The van der Waals surface area contributed by atoms with Crippen molar-refractivity contribution in [3.63, 3.8) is 0 Å². The number of amides is 1. The minimum absolute atomic E-state index is 0.0290. The molecule has 0 spiro atoms. The van der Waals surface area contributed by atoms with E-state index in [4.69, 9.17) is 16.3 Å². The van der Waals surface area contributed by atoms with E-state index < -0.39 is 22.8 Å². The van der Waals surface area contributed by atoms with Crippen molar-refractivity contribution >= 4 is 17.7 Å². The van der Waals surface area contributed by atoms with Crippen molar-refractivity contribution in [2.24, 2.45) is 0 Å². The Morgan fingerprint density at radius 2 is 1.96 bits per heavy atom. The maximum atomic E-state index is 13.0. The summed E-state index contributed by atoms with van der Waals surface area (Å²) in [6.45, 7) is 5.84. The number of carbonyl (C=O) groups is 1. The highest BCUT2D eigenvalue weighted by Gasteiger charge is 2.54. The number of hydrogen-bond acceptors (Lipinski definition) is 3. The Morgan fingerprint density at radius 1 is 1.32 bits per heavy atom. The van der Waals surface area contributed by atoms with Crippen LogP contribution in [0.1, 0.15) is 51.3 Å². The van der Waals surface area contributed by atoms with Gasteiger partial charge in [-0.1, -0.05) is 11.6 Å². The molecule has 0 aromatic carbocycles. The van der Waals surface area contributed by atoms with Gasteiger partial charge in [0.2, 0.25) is 0 Å². The third-order valence-electron chi connectivity index (χ3n) is 4.82. The van der Waals surface area contributed by atoms with E-state index in [2.05, 4.69) is 4.98 Å². The molecule has 1 aromatic rings. The van der Waals surface area contributed by atoms with E-state index in [-0.39, 0.29) is 17.3 Å². The summed E-state index contributed by atoms with van der Waals surface area (Å²) < 4.78 is 44.5. The molecular formula is C17H20ClF3N2O2. The van der Waals surface area contributed by atoms with Gasteiger partial charge in [-0.3, -0.25) is 0 Å². The summed E-state index contributed by atoms with van der Waals surface area (Å²) in [6, 6.07) is 1.90. The van der Waals surface area contributed by atoms with E-state index in [0.29, 0.717) is 31.5 Å². The summed E-state index contributed by atoms with van der Waals surface area (Å²) in [5.74, 6) is 0. The highest BCUT2D eigenvalue weighted by molar-refractivity contribution is 6.29. The van der Waals surface area contributed by atoms with Crippen LogP contribution in [0.3, 0.4) is 0 Å². The lowest BCUT2D eigenvalue weighted by molar-refractivity contribution is -0.137. The number of halogens is 4. The zero-order valence-electron chi connectivity index (χ0n) is 14.3. The molecule has 2 bridgehead atoms. The van der Waals surface area contributed by atoms with Crippen LogP contribution in [0, 0.1) is 0 Å². The molecule has 3 fully saturated rings. The van der Waals surface area contributed by atoms with Gasteiger partial charge in [-0.05, 0) is 52.2 Å². The Labute approximate surface area is 149 Å². The van der Waals surface area contributed by atoms with Gasteiger partial charge >= 0.3 is 12.3 Å². The van der Waals surface area contributed by atoms with Crippen molar-refractivity contribution in [2.45, 2.75) is 63.3 Å². The third kappa shape index (κ3) is 3.57. The van der Waals surface area contributed by atoms with E-state index in [9.17, 15) is 18.0 Å². The van der Waals surface area contributed by atoms with Gasteiger partial charge in [-0.2, -0.15) is 13.2 Å². The molecule has 1 saturated carbocycles. The number of ether oxygens (including phenoxy) is 1. The number of piperidine rings is 2. The van der Waals surface area contributed by atoms with Gasteiger partial charge in [-0.15, -0.1) is 0 Å². The largest absolute Gasteiger partial charge is 0.444 e. The van der Waals surface area contributed by atoms with Gasteiger partial charge in [0.25, 0.3) is 0 Å². The Bertz CT molecular complexity index is 689. The maximum Gasteiger partial charge on any atom is 0.416 e. The summed E-state index contributed by atoms with van der Waals surface area (Å²) >= 11 is 5.81. The van der Waals surface area contributed by atoms with Crippen LogP contribution in [-0.4, -0.2) is 34.2 Å². The fourth-order valence-corrected chi connectivity index (χ4v) is 3.82. The van der Waals surface area contributed by atoms with Crippen LogP contribution >= 0.6 is 11.6 Å². The van der Waals surface area contributed by atoms with E-state index in [1.165, 1.54) is 0 Å². The molecule has 4 rings (SSSR count). The van der Waals surface area contributed by atoms with Crippen molar-refractivity contribution in [2.75, 3.05) is 6.54 Å². The van der Waals surface area contributed by atoms with Crippen LogP contribution < -0.4 is 0 Å². The van der Waals surface area contributed by atoms with Gasteiger partial charge in [0.15, 0.2) is 0 Å². The summed E-state index contributed by atoms with van der Waals surface area (Å²) in [6.07, 6.45) is -3.12. The SMILES string of the molecule is CC(C)(C)OC(=O)N1CCC2(c3cc(C(F)(F)F)cc(Cl)n3)CC1C2. The minimum atomic E-state index is -4.46. The van der Waals surface area contributed by atoms with Crippen LogP contribution in [0.4, 0.5) is 18.0 Å². The molecule has 25 heavy (non-hydrogen) atoms. The average molecular weight is 377 g/mol. The lowest BCUT2D eigenvalue weighted by Gasteiger charge is -2.56. The summed E-state index contributed by atoms with van der Waals surface area (Å²) in [7, 11) is 0. The van der Waals surface area contributed by atoms with E-state index in [1.54, 1.807) is 25.7 Å². The number of nitrogens with zero attached hydrogens (tertiary/aromatic N) is 2. The first-order valence-electron chi connectivity index (χ1n) is 8.15. The molecule has 3 aliphatic rings. The second kappa shape index (κ2) is 5.76. The summed E-state index contributed by atoms with van der Waals surface area (Å²) in [4.78, 5) is 18.1. The fourth-order valence-electron chi connectivity index (χ4n) is 3.61. The smallest absolute Gasteiger partial charge is 0.416 e. The van der Waals surface area contributed by atoms with Crippen molar-refractivity contribution < 1.29 is 22.7 Å². The third-order valence-corrected chi connectivity index (χ3v) is 5.01. The van der Waals surface area contributed by atoms with Gasteiger partial charge in [0, 0.05) is 23.7 Å². The van der Waals surface area contributed by atoms with Crippen LogP contribution in [0.15, 0.2) is 12.1 Å². The normalized spacial score (nSPS) is 26.2. The Kier molecular flexibility index (Phi) is 4.21. The van der Waals surface area contributed by atoms with E-state index in [0.717, 1.165) is 12.1 Å². The Hall–Kier alpha value is -1.50. The van der Waals surface area contributed by atoms with Crippen LogP contribution in [0.5, 0.6) is 0 Å². The number of aromatic nitrogens is 1. The van der Waals surface area contributed by atoms with Crippen molar-refractivity contribution in [3.05, 3.63) is 28.5 Å². The average Bonchev–Trinajstić information content (AvgIpc) is 2.42. The summed E-state index contributed by atoms with van der Waals surface area (Å²) in [5, 5.41) is -0.155. The second-order valence-electron chi connectivity index (χ2n) is 7.83. The molecule has 0 N–H and O–H groups in total. The molecule has 1 aliphatic carbocycles. The first-order chi connectivity index (χ1) is 11.4. The zero-order chi connectivity index (χ0) is 18.6. The molecule has 1 aromatic heterocycles. The molecular weight excluding hydrogens is 357 g/mol. The molecule has 2 aliphatic heterocycles. The number of carbonyl (C=O) groups excluding carboxylic acids is 1. The molecule has 0 radical (unpaired) electrons. The zero-order valence-corrected chi connectivity index (χ0v) is 15.0. The minimum Gasteiger partial charge on any atom is -0.444 e. The quantitative estimate of drug-likeness (QED) is 0.661. The van der Waals surface area contributed by atoms with E-state index in [1.807, 2.05) is 0 Å². The first kappa shape index (κ1) is 18.3. The molecule has 8 heteroatoms. The molecule has 3 heterocycles.